The van der Waals surface area contributed by atoms with E-state index in [0.717, 1.165) is 0 Å². The molecule has 2 aliphatic rings. The molecule has 0 saturated carbocycles. The third-order valence-electron chi connectivity index (χ3n) is 17.4. The van der Waals surface area contributed by atoms with Gasteiger partial charge in [-0.2, -0.15) is 37.2 Å². The fraction of sp³-hybridized carbons (Fsp3) is 0.105. The Bertz CT molecular complexity index is 5430. The average molecular weight is 1590 g/mol. The van der Waals surface area contributed by atoms with Crippen LogP contribution in [0.5, 0.6) is 0 Å². The molecular formula is C76H64FeN12O16S4+4. The third kappa shape index (κ3) is 17.6. The first-order valence-corrected chi connectivity index (χ1v) is 38.9. The molecule has 0 unspecified atom stereocenters. The zero-order valence-corrected chi connectivity index (χ0v) is 61.4. The molecule has 109 heavy (non-hydrogen) atoms. The summed E-state index contributed by atoms with van der Waals surface area (Å²) in [5, 5.41) is 37.0. The van der Waals surface area contributed by atoms with Gasteiger partial charge in [-0.15, -0.1) is 22.1 Å². The summed E-state index contributed by atoms with van der Waals surface area (Å²) in [6.07, 6.45) is 14.9. The van der Waals surface area contributed by atoms with Crippen molar-refractivity contribution in [1.82, 2.24) is 38.8 Å². The van der Waals surface area contributed by atoms with E-state index >= 15 is 0 Å². The minimum atomic E-state index is -4.19. The van der Waals surface area contributed by atoms with Crippen molar-refractivity contribution in [3.8, 4) is 45.0 Å². The van der Waals surface area contributed by atoms with Gasteiger partial charge in [0.2, 0.25) is 62.9 Å². The molecule has 8 N–H and O–H groups in total. The van der Waals surface area contributed by atoms with Crippen LogP contribution in [0.3, 0.4) is 0 Å². The van der Waals surface area contributed by atoms with Crippen LogP contribution in [0, 0.1) is 0 Å². The van der Waals surface area contributed by atoms with Crippen LogP contribution in [0.4, 0.5) is 0 Å². The number of carboxylic acid groups (broad SMARTS) is 4. The molecule has 8 bridgehead atoms. The number of aliphatic carboxylic acids is 4. The Morgan fingerprint density at radius 2 is 0.505 bits per heavy atom. The summed E-state index contributed by atoms with van der Waals surface area (Å²) in [7, 11) is -16.8. The second kappa shape index (κ2) is 32.3. The largest absolute Gasteiger partial charge is 2.00 e. The molecule has 0 aliphatic carbocycles. The Morgan fingerprint density at radius 1 is 0.303 bits per heavy atom. The SMILES string of the molecule is O=C(O)CNS(=O)(=O)c1ccc(C[n+]2ccccc2-c2c3nc(c(-c4cccc[n+]4Cc4ccc(S(=O)(=O)NCC(=O)O)cc4)c4ccc([n-]4)c(-c4cccc[n+]4Cc4ccc(S(=O)(=O)NCC(=O)O)cc4)c4nc(c(-c5cccc[n+]5Cc5ccc(S(=O)(=O)NCC(=O)O)cc5)c5ccc2[n-]5)C=C4)C=C3)cc1.[Fe+2]. The number of hydrogen-bond donors (Lipinski definition) is 8. The van der Waals surface area contributed by atoms with Gasteiger partial charge >= 0.3 is 40.9 Å². The molecule has 0 saturated heterocycles. The normalized spacial score (nSPS) is 12.2. The summed E-state index contributed by atoms with van der Waals surface area (Å²) in [6, 6.07) is 54.0. The van der Waals surface area contributed by atoms with E-state index in [0.29, 0.717) is 112 Å². The van der Waals surface area contributed by atoms with Crippen LogP contribution in [0.1, 0.15) is 45.0 Å². The molecule has 11 aromatic rings. The number of aromatic nitrogens is 8. The number of carbonyl (C=O) groups is 4. The second-order valence-electron chi connectivity index (χ2n) is 24.7. The molecule has 0 spiro atoms. The Balaban J connectivity index is 0.0000111. The summed E-state index contributed by atoms with van der Waals surface area (Å²) in [5.74, 6) is -5.42. The Kier molecular flexibility index (Phi) is 22.7. The van der Waals surface area contributed by atoms with E-state index in [4.69, 9.17) is 19.9 Å². The fourth-order valence-electron chi connectivity index (χ4n) is 12.3. The van der Waals surface area contributed by atoms with Crippen molar-refractivity contribution in [2.24, 2.45) is 0 Å². The first-order chi connectivity index (χ1) is 51.7. The number of nitrogens with one attached hydrogen (secondary N) is 4. The van der Waals surface area contributed by atoms with Gasteiger partial charge in [0, 0.05) is 70.8 Å². The maximum atomic E-state index is 13.2. The predicted octanol–water partition coefficient (Wildman–Crippen LogP) is 5.37. The van der Waals surface area contributed by atoms with Crippen molar-refractivity contribution in [2.75, 3.05) is 26.2 Å². The fourth-order valence-corrected chi connectivity index (χ4v) is 16.2. The summed E-state index contributed by atoms with van der Waals surface area (Å²) in [5.41, 5.74) is 10.8. The van der Waals surface area contributed by atoms with Crippen molar-refractivity contribution >= 4 is 110 Å². The minimum absolute atomic E-state index is 0. The van der Waals surface area contributed by atoms with Gasteiger partial charge in [0.15, 0.2) is 51.0 Å². The Labute approximate surface area is 634 Å². The molecule has 4 aromatic carbocycles. The first-order valence-electron chi connectivity index (χ1n) is 33.0. The van der Waals surface area contributed by atoms with Gasteiger partial charge in [-0.05, 0) is 97.1 Å². The van der Waals surface area contributed by atoms with E-state index in [-0.39, 0.29) is 62.8 Å². The number of pyridine rings is 4. The standard InChI is InChI=1S/C76H62N12O16S4.Fe/c89-69(90)41-77-105(97,98)53-21-13-49(14-22-53)45-85-37-5-1-9-65(85)73-57-29-31-59(81-57)74(66-10-2-6-38-86(66)46-50-15-23-54(24-16-50)106(99,100)78-42-70(91)92)61-33-35-63(83-61)76(68-12-4-8-40-88(68)48-52-19-27-56(28-20-52)108(103,104)80-44-72(95)96)64-36-34-62(84-64)75(60-32-30-58(73)82-60)67-11-3-7-39-87(67)47-51-17-25-55(26-18-51)107(101,102)79-43-71(93)94;/h1-40,77-80H,41-48H2,(H2-3,81,82,83,84,89,90,91,92,93,94,95,96);/q;+2/p+2. The van der Waals surface area contributed by atoms with Crippen molar-refractivity contribution in [2.45, 2.75) is 45.8 Å². The van der Waals surface area contributed by atoms with Crippen LogP contribution < -0.4 is 47.1 Å². The maximum Gasteiger partial charge on any atom is 2.00 e. The number of fused-ring (bicyclic) bond motifs is 8. The summed E-state index contributed by atoms with van der Waals surface area (Å²) in [4.78, 5) is 67.0. The van der Waals surface area contributed by atoms with Gasteiger partial charge in [0.05, 0.1) is 64.6 Å². The van der Waals surface area contributed by atoms with Crippen molar-refractivity contribution < 1.29 is 109 Å². The molecule has 0 radical (unpaired) electrons. The molecule has 28 nitrogen and oxygen atoms in total. The summed E-state index contributed by atoms with van der Waals surface area (Å²) in [6.45, 7) is -2.57. The van der Waals surface area contributed by atoms with Gasteiger partial charge in [-0.3, -0.25) is 19.2 Å². The van der Waals surface area contributed by atoms with Crippen molar-refractivity contribution in [1.29, 1.82) is 0 Å². The molecular weight excluding hydrogens is 1520 g/mol. The predicted molar refractivity (Wildman–Crippen MR) is 393 cm³/mol. The number of benzene rings is 4. The average Bonchev–Trinajstić information content (AvgIpc) is 1.62. The van der Waals surface area contributed by atoms with Crippen LogP contribution in [0.2, 0.25) is 0 Å². The topological polar surface area (TPSA) is 403 Å². The van der Waals surface area contributed by atoms with Crippen LogP contribution in [-0.4, -0.2) is 114 Å². The Morgan fingerprint density at radius 3 is 0.697 bits per heavy atom. The van der Waals surface area contributed by atoms with Gasteiger partial charge in [-0.1, -0.05) is 72.8 Å². The molecule has 9 heterocycles. The number of nitrogens with zero attached hydrogens (tertiary/aromatic N) is 8. The van der Waals surface area contributed by atoms with Crippen LogP contribution >= 0.6 is 0 Å². The van der Waals surface area contributed by atoms with Gasteiger partial charge in [-0.25, -0.2) is 43.6 Å². The quantitative estimate of drug-likeness (QED) is 0.0225. The summed E-state index contributed by atoms with van der Waals surface area (Å²) < 4.78 is 121. The molecule has 33 heteroatoms. The smallest absolute Gasteiger partial charge is 0.656 e. The van der Waals surface area contributed by atoms with Gasteiger partial charge < -0.3 is 30.4 Å². The number of hydrogen-bond acceptors (Lipinski definition) is 14. The zero-order chi connectivity index (χ0) is 76.1. The molecule has 0 amide bonds. The van der Waals surface area contributed by atoms with Crippen LogP contribution in [-0.2, 0) is 103 Å². The van der Waals surface area contributed by atoms with E-state index in [1.165, 1.54) is 48.5 Å². The second-order valence-corrected chi connectivity index (χ2v) is 31.7. The molecule has 2 aliphatic heterocycles. The van der Waals surface area contributed by atoms with Gasteiger partial charge in [0.1, 0.15) is 26.2 Å². The molecule has 7 aromatic heterocycles. The summed E-state index contributed by atoms with van der Waals surface area (Å²) >= 11 is 0. The monoisotopic (exact) mass is 1580 g/mol. The number of rotatable bonds is 28. The molecule has 552 valence electrons. The van der Waals surface area contributed by atoms with E-state index in [9.17, 15) is 73.3 Å². The maximum absolute atomic E-state index is 13.2. The van der Waals surface area contributed by atoms with Crippen molar-refractivity contribution in [3.05, 3.63) is 264 Å². The molecule has 0 atom stereocenters. The zero-order valence-electron chi connectivity index (χ0n) is 57.0. The van der Waals surface area contributed by atoms with Gasteiger partial charge in [0.25, 0.3) is 0 Å². The van der Waals surface area contributed by atoms with Crippen molar-refractivity contribution in [3.63, 3.8) is 0 Å². The third-order valence-corrected chi connectivity index (χ3v) is 23.1. The van der Waals surface area contributed by atoms with Crippen LogP contribution in [0.25, 0.3) is 91.4 Å². The van der Waals surface area contributed by atoms with E-state index < -0.39 is 90.1 Å². The first kappa shape index (κ1) is 76.8. The number of sulfonamides is 4. The molecule has 13 rings (SSSR count). The molecule has 0 fully saturated rings. The number of carboxylic acids is 4. The van der Waals surface area contributed by atoms with E-state index in [1.54, 1.807) is 48.5 Å². The minimum Gasteiger partial charge on any atom is -0.656 e. The van der Waals surface area contributed by atoms with E-state index in [1.807, 2.05) is 164 Å². The van der Waals surface area contributed by atoms with Crippen LogP contribution in [0.15, 0.2) is 238 Å². The van der Waals surface area contributed by atoms with E-state index in [2.05, 4.69) is 18.9 Å². The Hall–Kier alpha value is -11.9.